The molecule has 0 bridgehead atoms. The summed E-state index contributed by atoms with van der Waals surface area (Å²) in [4.78, 5) is 18.2. The molecule has 120 valence electrons. The van der Waals surface area contributed by atoms with Crippen LogP contribution in [0.25, 0.3) is 0 Å². The van der Waals surface area contributed by atoms with Gasteiger partial charge in [0, 0.05) is 24.3 Å². The second kappa shape index (κ2) is 5.74. The molecule has 2 aliphatic rings. The van der Waals surface area contributed by atoms with Gasteiger partial charge in [0.05, 0.1) is 19.3 Å². The highest BCUT2D eigenvalue weighted by atomic mass is 19.1. The van der Waals surface area contributed by atoms with E-state index in [0.717, 1.165) is 13.0 Å². The average Bonchev–Trinajstić information content (AvgIpc) is 2.50. The fraction of sp³-hybridized carbons (Fsp3) is 0.625. The number of ether oxygens (including phenoxy) is 1. The van der Waals surface area contributed by atoms with E-state index in [-0.39, 0.29) is 29.6 Å². The minimum absolute atomic E-state index is 0.0251. The topological polar surface area (TPSA) is 54.5 Å². The Bertz CT molecular complexity index is 581. The first-order valence-corrected chi connectivity index (χ1v) is 7.79. The van der Waals surface area contributed by atoms with Crippen LogP contribution in [0, 0.1) is 11.7 Å². The zero-order valence-electron chi connectivity index (χ0n) is 13.1. The standard InChI is InChI=1S/C16H22FN3O2/c1-16-7-4-3-5-11(16)10-20(16)15(21)19-9-12-14(17)13(22-2)6-8-18-12/h6,8,11H,3-5,7,9-10H2,1-2H3,(H,19,21)/t11-,16-/m0/s1. The average molecular weight is 307 g/mol. The molecule has 0 radical (unpaired) electrons. The maximum atomic E-state index is 14.0. The lowest BCUT2D eigenvalue weighted by Gasteiger charge is -2.59. The Labute approximate surface area is 129 Å². The number of hydrogen-bond donors (Lipinski definition) is 1. The van der Waals surface area contributed by atoms with Crippen molar-refractivity contribution in [2.45, 2.75) is 44.7 Å². The van der Waals surface area contributed by atoms with Gasteiger partial charge < -0.3 is 15.0 Å². The molecule has 1 aliphatic carbocycles. The van der Waals surface area contributed by atoms with Crippen LogP contribution in [0.4, 0.5) is 9.18 Å². The number of aromatic nitrogens is 1. The SMILES string of the molecule is COc1ccnc(CNC(=O)N2C[C@@H]3CCCC[C@@]32C)c1F. The Morgan fingerprint density at radius 3 is 3.14 bits per heavy atom. The van der Waals surface area contributed by atoms with Crippen molar-refractivity contribution in [3.63, 3.8) is 0 Å². The highest BCUT2D eigenvalue weighted by molar-refractivity contribution is 5.76. The Morgan fingerprint density at radius 2 is 2.41 bits per heavy atom. The van der Waals surface area contributed by atoms with Gasteiger partial charge in [0.25, 0.3) is 0 Å². The number of hydrogen-bond acceptors (Lipinski definition) is 3. The molecular weight excluding hydrogens is 285 g/mol. The first kappa shape index (κ1) is 15.1. The molecule has 1 saturated heterocycles. The minimum atomic E-state index is -0.518. The van der Waals surface area contributed by atoms with Gasteiger partial charge in [0.1, 0.15) is 0 Å². The summed E-state index contributed by atoms with van der Waals surface area (Å²) in [5.41, 5.74) is 0.168. The summed E-state index contributed by atoms with van der Waals surface area (Å²) in [5.74, 6) is 0.233. The first-order valence-electron chi connectivity index (χ1n) is 7.79. The van der Waals surface area contributed by atoms with Crippen molar-refractivity contribution in [1.29, 1.82) is 0 Å². The van der Waals surface area contributed by atoms with Crippen LogP contribution in [0.1, 0.15) is 38.3 Å². The van der Waals surface area contributed by atoms with E-state index in [1.54, 1.807) is 0 Å². The molecule has 3 rings (SSSR count). The summed E-state index contributed by atoms with van der Waals surface area (Å²) in [6.45, 7) is 3.03. The van der Waals surface area contributed by atoms with Crippen molar-refractivity contribution in [3.05, 3.63) is 23.8 Å². The Morgan fingerprint density at radius 1 is 1.59 bits per heavy atom. The van der Waals surface area contributed by atoms with E-state index < -0.39 is 5.82 Å². The third-order valence-corrected chi connectivity index (χ3v) is 5.18. The van der Waals surface area contributed by atoms with Crippen LogP contribution in [0.5, 0.6) is 5.75 Å². The van der Waals surface area contributed by atoms with Crippen LogP contribution < -0.4 is 10.1 Å². The largest absolute Gasteiger partial charge is 0.494 e. The summed E-state index contributed by atoms with van der Waals surface area (Å²) in [6.07, 6.45) is 6.16. The number of urea groups is 1. The Hall–Kier alpha value is -1.85. The lowest BCUT2D eigenvalue weighted by atomic mass is 9.66. The zero-order valence-corrected chi connectivity index (χ0v) is 13.1. The van der Waals surface area contributed by atoms with E-state index >= 15 is 0 Å². The van der Waals surface area contributed by atoms with E-state index in [4.69, 9.17) is 4.74 Å². The normalized spacial score (nSPS) is 26.9. The second-order valence-electron chi connectivity index (χ2n) is 6.34. The second-order valence-corrected chi connectivity index (χ2v) is 6.34. The zero-order chi connectivity index (χ0) is 15.7. The number of halogens is 1. The summed E-state index contributed by atoms with van der Waals surface area (Å²) in [7, 11) is 1.41. The van der Waals surface area contributed by atoms with E-state index in [9.17, 15) is 9.18 Å². The summed E-state index contributed by atoms with van der Waals surface area (Å²) >= 11 is 0. The van der Waals surface area contributed by atoms with Crippen LogP contribution in [-0.2, 0) is 6.54 Å². The number of fused-ring (bicyclic) bond motifs is 1. The van der Waals surface area contributed by atoms with Crippen molar-refractivity contribution in [3.8, 4) is 5.75 Å². The molecule has 0 unspecified atom stereocenters. The fourth-order valence-corrected chi connectivity index (χ4v) is 3.67. The predicted octanol–water partition coefficient (Wildman–Crippen LogP) is 2.70. The molecule has 22 heavy (non-hydrogen) atoms. The van der Waals surface area contributed by atoms with Crippen molar-refractivity contribution in [2.75, 3.05) is 13.7 Å². The molecule has 1 aromatic rings. The molecular formula is C16H22FN3O2. The van der Waals surface area contributed by atoms with Crippen LogP contribution in [0.2, 0.25) is 0 Å². The monoisotopic (exact) mass is 307 g/mol. The molecule has 6 heteroatoms. The number of nitrogens with one attached hydrogen (secondary N) is 1. The third kappa shape index (κ3) is 2.40. The number of carbonyl (C=O) groups is 1. The number of methoxy groups -OCH3 is 1. The van der Waals surface area contributed by atoms with Crippen LogP contribution in [0.3, 0.4) is 0 Å². The third-order valence-electron chi connectivity index (χ3n) is 5.18. The van der Waals surface area contributed by atoms with Crippen LogP contribution in [-0.4, -0.2) is 35.1 Å². The maximum Gasteiger partial charge on any atom is 0.318 e. The number of rotatable bonds is 3. The Balaban J connectivity index is 1.62. The molecule has 2 heterocycles. The van der Waals surface area contributed by atoms with E-state index in [0.29, 0.717) is 5.92 Å². The molecule has 0 spiro atoms. The van der Waals surface area contributed by atoms with Gasteiger partial charge in [-0.15, -0.1) is 0 Å². The summed E-state index contributed by atoms with van der Waals surface area (Å²) < 4.78 is 18.9. The van der Waals surface area contributed by atoms with Gasteiger partial charge in [-0.3, -0.25) is 4.98 Å². The quantitative estimate of drug-likeness (QED) is 0.934. The highest BCUT2D eigenvalue weighted by Crippen LogP contribution is 2.46. The van der Waals surface area contributed by atoms with Gasteiger partial charge in [-0.1, -0.05) is 12.8 Å². The van der Waals surface area contributed by atoms with E-state index in [1.807, 2.05) is 4.90 Å². The summed E-state index contributed by atoms with van der Waals surface area (Å²) in [5, 5.41) is 2.78. The van der Waals surface area contributed by atoms with Gasteiger partial charge in [-0.2, -0.15) is 0 Å². The predicted molar refractivity (Wildman–Crippen MR) is 80.1 cm³/mol. The number of amides is 2. The van der Waals surface area contributed by atoms with Crippen LogP contribution in [0.15, 0.2) is 12.3 Å². The van der Waals surface area contributed by atoms with E-state index in [2.05, 4.69) is 17.2 Å². The van der Waals surface area contributed by atoms with Gasteiger partial charge in [0.15, 0.2) is 11.6 Å². The molecule has 1 saturated carbocycles. The molecule has 1 aromatic heterocycles. The maximum absolute atomic E-state index is 14.0. The smallest absolute Gasteiger partial charge is 0.318 e. The molecule has 2 amide bonds. The molecule has 5 nitrogen and oxygen atoms in total. The number of likely N-dealkylation sites (tertiary alicyclic amines) is 1. The first-order chi connectivity index (χ1) is 10.6. The van der Waals surface area contributed by atoms with E-state index in [1.165, 1.54) is 38.6 Å². The van der Waals surface area contributed by atoms with Gasteiger partial charge in [-0.05, 0) is 25.7 Å². The lowest BCUT2D eigenvalue weighted by Crippen LogP contribution is -2.69. The summed E-state index contributed by atoms with van der Waals surface area (Å²) in [6, 6.07) is 1.33. The fourth-order valence-electron chi connectivity index (χ4n) is 3.67. The number of carbonyl (C=O) groups excluding carboxylic acids is 1. The molecule has 1 N–H and O–H groups in total. The van der Waals surface area contributed by atoms with Crippen molar-refractivity contribution >= 4 is 6.03 Å². The molecule has 0 aromatic carbocycles. The van der Waals surface area contributed by atoms with Gasteiger partial charge in [-0.25, -0.2) is 9.18 Å². The van der Waals surface area contributed by atoms with Crippen molar-refractivity contribution < 1.29 is 13.9 Å². The van der Waals surface area contributed by atoms with Crippen molar-refractivity contribution in [2.24, 2.45) is 5.92 Å². The van der Waals surface area contributed by atoms with Gasteiger partial charge in [0.2, 0.25) is 0 Å². The molecule has 2 fully saturated rings. The molecule has 2 atom stereocenters. The lowest BCUT2D eigenvalue weighted by molar-refractivity contribution is -0.0601. The molecule has 1 aliphatic heterocycles. The minimum Gasteiger partial charge on any atom is -0.494 e. The number of pyridine rings is 1. The van der Waals surface area contributed by atoms with Crippen LogP contribution >= 0.6 is 0 Å². The number of nitrogens with zero attached hydrogens (tertiary/aromatic N) is 2. The highest BCUT2D eigenvalue weighted by Gasteiger charge is 2.52. The van der Waals surface area contributed by atoms with Crippen molar-refractivity contribution in [1.82, 2.24) is 15.2 Å². The van der Waals surface area contributed by atoms with Gasteiger partial charge >= 0.3 is 6.03 Å². The Kier molecular flexibility index (Phi) is 3.93.